The molecule has 2 N–H and O–H groups in total. The van der Waals surface area contributed by atoms with Crippen LogP contribution in [0.4, 0.5) is 5.69 Å². The lowest BCUT2D eigenvalue weighted by Gasteiger charge is -2.22. The topological polar surface area (TPSA) is 69.6 Å². The number of carbonyl (C=O) groups is 2. The first-order chi connectivity index (χ1) is 12.9. The van der Waals surface area contributed by atoms with Crippen LogP contribution >= 0.6 is 46.5 Å². The minimum absolute atomic E-state index is 0.183. The molecule has 0 saturated carbocycles. The van der Waals surface area contributed by atoms with E-state index in [0.29, 0.717) is 26.2 Å². The molecular weight excluding hydrogens is 427 g/mol. The summed E-state index contributed by atoms with van der Waals surface area (Å²) in [7, 11) is 1.57. The summed E-state index contributed by atoms with van der Waals surface area (Å²) < 4.78 is 2.57. The van der Waals surface area contributed by atoms with Crippen molar-refractivity contribution in [2.75, 3.05) is 17.9 Å². The van der Waals surface area contributed by atoms with Gasteiger partial charge in [-0.2, -0.15) is 0 Å². The van der Waals surface area contributed by atoms with Gasteiger partial charge in [0.1, 0.15) is 6.54 Å². The van der Waals surface area contributed by atoms with Gasteiger partial charge in [-0.05, 0) is 48.3 Å². The highest BCUT2D eigenvalue weighted by Gasteiger charge is 2.17. The summed E-state index contributed by atoms with van der Waals surface area (Å²) in [4.78, 5) is 24.2. The molecule has 1 amide bonds. The highest BCUT2D eigenvalue weighted by molar-refractivity contribution is 8.00. The highest BCUT2D eigenvalue weighted by Crippen LogP contribution is 2.36. The number of benzene rings is 2. The monoisotopic (exact) mass is 440 g/mol. The Balaban J connectivity index is 2.01. The first kappa shape index (κ1) is 19.8. The molecule has 3 aromatic rings. The van der Waals surface area contributed by atoms with E-state index in [4.69, 9.17) is 23.2 Å². The lowest BCUT2D eigenvalue weighted by atomic mass is 10.1. The van der Waals surface area contributed by atoms with E-state index in [1.165, 1.54) is 23.3 Å². The molecule has 1 heterocycles. The van der Waals surface area contributed by atoms with Crippen LogP contribution in [-0.2, 0) is 4.79 Å². The number of nitrogens with zero attached hydrogens (tertiary/aromatic N) is 1. The number of carbonyl (C=O) groups excluding carboxylic acids is 1. The zero-order valence-electron chi connectivity index (χ0n) is 14.0. The van der Waals surface area contributed by atoms with Crippen LogP contribution in [0.5, 0.6) is 0 Å². The van der Waals surface area contributed by atoms with Gasteiger partial charge in [0.15, 0.2) is 0 Å². The molecule has 0 radical (unpaired) electrons. The minimum atomic E-state index is -0.979. The fourth-order valence-electron chi connectivity index (χ4n) is 2.49. The van der Waals surface area contributed by atoms with E-state index in [9.17, 15) is 14.7 Å². The second kappa shape index (κ2) is 8.39. The standard InChI is InChI=1S/C18H14Cl2N2O3S2/c1-21-18(25)15-9-26-16-3-2-12(7-14(15)16)22(8-17(23)24)27-13-5-10(19)4-11(20)6-13/h2-7,9H,8H2,1H3,(H,21,25)(H,23,24). The Morgan fingerprint density at radius 3 is 2.52 bits per heavy atom. The Morgan fingerprint density at radius 2 is 1.89 bits per heavy atom. The first-order valence-electron chi connectivity index (χ1n) is 7.74. The van der Waals surface area contributed by atoms with Gasteiger partial charge in [-0.15, -0.1) is 11.3 Å². The Kier molecular flexibility index (Phi) is 6.16. The largest absolute Gasteiger partial charge is 0.480 e. The summed E-state index contributed by atoms with van der Waals surface area (Å²) in [6.07, 6.45) is 0. The third-order valence-corrected chi connectivity index (χ3v) is 6.05. The first-order valence-corrected chi connectivity index (χ1v) is 10.1. The molecular formula is C18H14Cl2N2O3S2. The van der Waals surface area contributed by atoms with Gasteiger partial charge < -0.3 is 14.7 Å². The predicted octanol–water partition coefficient (Wildman–Crippen LogP) is 5.17. The average Bonchev–Trinajstić information content (AvgIpc) is 3.02. The van der Waals surface area contributed by atoms with Gasteiger partial charge in [-0.1, -0.05) is 23.2 Å². The van der Waals surface area contributed by atoms with Gasteiger partial charge in [0.25, 0.3) is 5.91 Å². The number of hydrogen-bond donors (Lipinski definition) is 2. The SMILES string of the molecule is CNC(=O)c1csc2ccc(N(CC(=O)O)Sc3cc(Cl)cc(Cl)c3)cc12. The molecule has 0 fully saturated rings. The number of nitrogens with one attached hydrogen (secondary N) is 1. The van der Waals surface area contributed by atoms with Crippen molar-refractivity contribution in [3.05, 3.63) is 57.4 Å². The van der Waals surface area contributed by atoms with Crippen LogP contribution in [0, 0.1) is 0 Å². The minimum Gasteiger partial charge on any atom is -0.480 e. The molecule has 5 nitrogen and oxygen atoms in total. The van der Waals surface area contributed by atoms with Crippen molar-refractivity contribution in [1.29, 1.82) is 0 Å². The molecule has 27 heavy (non-hydrogen) atoms. The maximum absolute atomic E-state index is 12.1. The Morgan fingerprint density at radius 1 is 1.19 bits per heavy atom. The maximum Gasteiger partial charge on any atom is 0.324 e. The molecule has 140 valence electrons. The van der Waals surface area contributed by atoms with Crippen LogP contribution in [0.25, 0.3) is 10.1 Å². The van der Waals surface area contributed by atoms with Crippen LogP contribution in [0.3, 0.4) is 0 Å². The van der Waals surface area contributed by atoms with Crippen molar-refractivity contribution in [2.45, 2.75) is 4.90 Å². The number of rotatable bonds is 6. The average molecular weight is 441 g/mol. The summed E-state index contributed by atoms with van der Waals surface area (Å²) in [5.74, 6) is -1.16. The summed E-state index contributed by atoms with van der Waals surface area (Å²) in [5, 5.41) is 15.4. The molecule has 9 heteroatoms. The lowest BCUT2D eigenvalue weighted by molar-refractivity contribution is -0.135. The second-order valence-electron chi connectivity index (χ2n) is 5.54. The van der Waals surface area contributed by atoms with Crippen LogP contribution in [-0.4, -0.2) is 30.6 Å². The third-order valence-electron chi connectivity index (χ3n) is 3.65. The molecule has 2 aromatic carbocycles. The van der Waals surface area contributed by atoms with Crippen LogP contribution in [0.15, 0.2) is 46.7 Å². The van der Waals surface area contributed by atoms with Crippen LogP contribution < -0.4 is 9.62 Å². The molecule has 0 aliphatic heterocycles. The van der Waals surface area contributed by atoms with E-state index in [1.807, 2.05) is 18.2 Å². The number of fused-ring (bicyclic) bond motifs is 1. The van der Waals surface area contributed by atoms with Crippen LogP contribution in [0.2, 0.25) is 10.0 Å². The van der Waals surface area contributed by atoms with Gasteiger partial charge in [-0.25, -0.2) is 0 Å². The molecule has 3 rings (SSSR count). The number of thiophene rings is 1. The number of carboxylic acids is 1. The number of aliphatic carboxylic acids is 1. The van der Waals surface area contributed by atoms with Gasteiger partial charge >= 0.3 is 5.97 Å². The Bertz CT molecular complexity index is 1000. The van der Waals surface area contributed by atoms with Gasteiger partial charge in [0.05, 0.1) is 5.56 Å². The van der Waals surface area contributed by atoms with Gasteiger partial charge in [0, 0.05) is 43.1 Å². The van der Waals surface area contributed by atoms with Crippen molar-refractivity contribution in [3.63, 3.8) is 0 Å². The zero-order chi connectivity index (χ0) is 19.6. The quantitative estimate of drug-likeness (QED) is 0.517. The predicted molar refractivity (Wildman–Crippen MR) is 113 cm³/mol. The van der Waals surface area contributed by atoms with Crippen molar-refractivity contribution >= 4 is 74.1 Å². The molecule has 0 unspecified atom stereocenters. The van der Waals surface area contributed by atoms with Gasteiger partial charge in [-0.3, -0.25) is 9.59 Å². The molecule has 0 aliphatic rings. The molecule has 0 spiro atoms. The molecule has 0 saturated heterocycles. The second-order valence-corrected chi connectivity index (χ2v) is 8.41. The number of halogens is 2. The fraction of sp³-hybridized carbons (Fsp3) is 0.111. The number of hydrogen-bond acceptors (Lipinski definition) is 5. The molecule has 0 bridgehead atoms. The summed E-state index contributed by atoms with van der Waals surface area (Å²) in [6.45, 7) is -0.236. The smallest absolute Gasteiger partial charge is 0.324 e. The maximum atomic E-state index is 12.1. The molecule has 1 aromatic heterocycles. The van der Waals surface area contributed by atoms with E-state index in [0.717, 1.165) is 10.1 Å². The third kappa shape index (κ3) is 4.68. The number of amides is 1. The Labute approximate surface area is 174 Å². The fourth-order valence-corrected chi connectivity index (χ4v) is 5.07. The number of anilines is 1. The van der Waals surface area contributed by atoms with E-state index < -0.39 is 5.97 Å². The molecule has 0 aliphatic carbocycles. The van der Waals surface area contributed by atoms with Crippen molar-refractivity contribution < 1.29 is 14.7 Å². The summed E-state index contributed by atoms with van der Waals surface area (Å²) >= 11 is 14.8. The number of carboxylic acid groups (broad SMARTS) is 1. The summed E-state index contributed by atoms with van der Waals surface area (Å²) in [5.41, 5.74) is 1.22. The summed E-state index contributed by atoms with van der Waals surface area (Å²) in [6, 6.07) is 10.6. The van der Waals surface area contributed by atoms with Gasteiger partial charge in [0.2, 0.25) is 0 Å². The van der Waals surface area contributed by atoms with E-state index in [2.05, 4.69) is 5.32 Å². The van der Waals surface area contributed by atoms with Crippen molar-refractivity contribution in [3.8, 4) is 0 Å². The normalized spacial score (nSPS) is 10.8. The highest BCUT2D eigenvalue weighted by atomic mass is 35.5. The molecule has 0 atom stereocenters. The van der Waals surface area contributed by atoms with Crippen molar-refractivity contribution in [1.82, 2.24) is 5.32 Å². The van der Waals surface area contributed by atoms with E-state index in [-0.39, 0.29) is 12.5 Å². The lowest BCUT2D eigenvalue weighted by Crippen LogP contribution is -2.23. The van der Waals surface area contributed by atoms with E-state index in [1.54, 1.807) is 34.9 Å². The van der Waals surface area contributed by atoms with E-state index >= 15 is 0 Å². The van der Waals surface area contributed by atoms with Crippen molar-refractivity contribution in [2.24, 2.45) is 0 Å². The van der Waals surface area contributed by atoms with Crippen LogP contribution in [0.1, 0.15) is 10.4 Å². The Hall–Kier alpha value is -1.93. The zero-order valence-corrected chi connectivity index (χ0v) is 17.2.